The SMILES string of the molecule is CCc1noc(C2CC(=O)N(CCCc3ccccc3)C2)n1. The van der Waals surface area contributed by atoms with Crippen LogP contribution in [0.4, 0.5) is 0 Å². The zero-order valence-electron chi connectivity index (χ0n) is 12.9. The first-order chi connectivity index (χ1) is 10.8. The van der Waals surface area contributed by atoms with Gasteiger partial charge in [0.25, 0.3) is 0 Å². The maximum atomic E-state index is 12.1. The maximum absolute atomic E-state index is 12.1. The van der Waals surface area contributed by atoms with Crippen molar-refractivity contribution >= 4 is 5.91 Å². The number of hydrogen-bond donors (Lipinski definition) is 0. The molecule has 2 aromatic rings. The lowest BCUT2D eigenvalue weighted by Crippen LogP contribution is -2.26. The number of nitrogens with zero attached hydrogens (tertiary/aromatic N) is 3. The highest BCUT2D eigenvalue weighted by molar-refractivity contribution is 5.79. The number of aryl methyl sites for hydroxylation is 2. The first-order valence-electron chi connectivity index (χ1n) is 7.90. The normalized spacial score (nSPS) is 18.1. The Morgan fingerprint density at radius 2 is 2.14 bits per heavy atom. The average Bonchev–Trinajstić information content (AvgIpc) is 3.15. The molecule has 1 amide bonds. The quantitative estimate of drug-likeness (QED) is 0.822. The second kappa shape index (κ2) is 6.73. The van der Waals surface area contributed by atoms with Crippen molar-refractivity contribution in [2.45, 2.75) is 38.5 Å². The van der Waals surface area contributed by atoms with Crippen LogP contribution < -0.4 is 0 Å². The fourth-order valence-corrected chi connectivity index (χ4v) is 2.85. The molecule has 22 heavy (non-hydrogen) atoms. The number of benzene rings is 1. The predicted molar refractivity (Wildman–Crippen MR) is 82.4 cm³/mol. The Morgan fingerprint density at radius 3 is 2.86 bits per heavy atom. The molecule has 1 atom stereocenters. The topological polar surface area (TPSA) is 59.2 Å². The second-order valence-electron chi connectivity index (χ2n) is 5.73. The van der Waals surface area contributed by atoms with E-state index in [1.165, 1.54) is 5.56 Å². The Hall–Kier alpha value is -2.17. The molecule has 5 nitrogen and oxygen atoms in total. The van der Waals surface area contributed by atoms with E-state index in [0.29, 0.717) is 24.7 Å². The Balaban J connectivity index is 1.51. The van der Waals surface area contributed by atoms with Crippen molar-refractivity contribution in [1.82, 2.24) is 15.0 Å². The molecular weight excluding hydrogens is 278 g/mol. The maximum Gasteiger partial charge on any atom is 0.232 e. The smallest absolute Gasteiger partial charge is 0.232 e. The molecule has 1 saturated heterocycles. The average molecular weight is 299 g/mol. The van der Waals surface area contributed by atoms with E-state index in [-0.39, 0.29) is 11.8 Å². The summed E-state index contributed by atoms with van der Waals surface area (Å²) in [6.45, 7) is 3.47. The van der Waals surface area contributed by atoms with Gasteiger partial charge in [-0.05, 0) is 18.4 Å². The third-order valence-electron chi connectivity index (χ3n) is 4.10. The van der Waals surface area contributed by atoms with Crippen molar-refractivity contribution in [3.05, 3.63) is 47.6 Å². The van der Waals surface area contributed by atoms with Gasteiger partial charge in [-0.15, -0.1) is 0 Å². The lowest BCUT2D eigenvalue weighted by atomic mass is 10.1. The minimum atomic E-state index is 0.0528. The Labute approximate surface area is 130 Å². The summed E-state index contributed by atoms with van der Waals surface area (Å²) in [5, 5.41) is 3.92. The van der Waals surface area contributed by atoms with Gasteiger partial charge < -0.3 is 9.42 Å². The molecule has 1 fully saturated rings. The third-order valence-corrected chi connectivity index (χ3v) is 4.10. The molecule has 0 N–H and O–H groups in total. The summed E-state index contributed by atoms with van der Waals surface area (Å²) in [6.07, 6.45) is 3.21. The number of carbonyl (C=O) groups excluding carboxylic acids is 1. The van der Waals surface area contributed by atoms with Gasteiger partial charge >= 0.3 is 0 Å². The van der Waals surface area contributed by atoms with Crippen LogP contribution in [0.15, 0.2) is 34.9 Å². The Bertz CT molecular complexity index is 624. The summed E-state index contributed by atoms with van der Waals surface area (Å²) in [7, 11) is 0. The van der Waals surface area contributed by atoms with Crippen molar-refractivity contribution in [3.8, 4) is 0 Å². The van der Waals surface area contributed by atoms with Crippen LogP contribution in [0, 0.1) is 0 Å². The van der Waals surface area contributed by atoms with Gasteiger partial charge in [-0.3, -0.25) is 4.79 Å². The second-order valence-corrected chi connectivity index (χ2v) is 5.73. The van der Waals surface area contributed by atoms with Crippen LogP contribution in [0.25, 0.3) is 0 Å². The molecule has 1 aliphatic rings. The van der Waals surface area contributed by atoms with E-state index in [1.807, 2.05) is 30.0 Å². The predicted octanol–water partition coefficient (Wildman–Crippen LogP) is 2.58. The zero-order valence-corrected chi connectivity index (χ0v) is 12.9. The van der Waals surface area contributed by atoms with Gasteiger partial charge in [0.2, 0.25) is 11.8 Å². The van der Waals surface area contributed by atoms with E-state index < -0.39 is 0 Å². The number of hydrogen-bond acceptors (Lipinski definition) is 4. The van der Waals surface area contributed by atoms with E-state index in [1.54, 1.807) is 0 Å². The highest BCUT2D eigenvalue weighted by Crippen LogP contribution is 2.27. The molecule has 0 radical (unpaired) electrons. The largest absolute Gasteiger partial charge is 0.342 e. The molecule has 1 unspecified atom stereocenters. The van der Waals surface area contributed by atoms with Crippen molar-refractivity contribution in [2.24, 2.45) is 0 Å². The van der Waals surface area contributed by atoms with Crippen LogP contribution in [0.5, 0.6) is 0 Å². The summed E-state index contributed by atoms with van der Waals surface area (Å²) in [5.74, 6) is 1.56. The Kier molecular flexibility index (Phi) is 4.51. The van der Waals surface area contributed by atoms with Crippen LogP contribution >= 0.6 is 0 Å². The van der Waals surface area contributed by atoms with Gasteiger partial charge in [-0.2, -0.15) is 4.98 Å². The molecule has 2 heterocycles. The third kappa shape index (κ3) is 3.35. The fourth-order valence-electron chi connectivity index (χ4n) is 2.85. The lowest BCUT2D eigenvalue weighted by molar-refractivity contribution is -0.127. The summed E-state index contributed by atoms with van der Waals surface area (Å²) in [4.78, 5) is 18.4. The van der Waals surface area contributed by atoms with E-state index in [0.717, 1.165) is 25.8 Å². The molecule has 3 rings (SSSR count). The van der Waals surface area contributed by atoms with Crippen LogP contribution in [-0.4, -0.2) is 34.0 Å². The van der Waals surface area contributed by atoms with Crippen molar-refractivity contribution in [2.75, 3.05) is 13.1 Å². The first-order valence-corrected chi connectivity index (χ1v) is 7.90. The van der Waals surface area contributed by atoms with Gasteiger partial charge in [-0.1, -0.05) is 42.4 Å². The van der Waals surface area contributed by atoms with Crippen LogP contribution in [0.1, 0.15) is 43.0 Å². The number of carbonyl (C=O) groups is 1. The van der Waals surface area contributed by atoms with E-state index in [9.17, 15) is 4.79 Å². The molecule has 5 heteroatoms. The summed E-state index contributed by atoms with van der Waals surface area (Å²) < 4.78 is 5.27. The van der Waals surface area contributed by atoms with Crippen molar-refractivity contribution < 1.29 is 9.32 Å². The van der Waals surface area contributed by atoms with Gasteiger partial charge in [0.1, 0.15) is 0 Å². The van der Waals surface area contributed by atoms with Crippen LogP contribution in [0.2, 0.25) is 0 Å². The summed E-state index contributed by atoms with van der Waals surface area (Å²) in [6, 6.07) is 10.4. The standard InChI is InChI=1S/C17H21N3O2/c1-2-15-18-17(22-19-15)14-11-16(21)20(12-14)10-6-9-13-7-4-3-5-8-13/h3-5,7-8,14H,2,6,9-12H2,1H3. The molecule has 0 spiro atoms. The van der Waals surface area contributed by atoms with Gasteiger partial charge in [0.15, 0.2) is 5.82 Å². The van der Waals surface area contributed by atoms with E-state index >= 15 is 0 Å². The van der Waals surface area contributed by atoms with E-state index in [4.69, 9.17) is 4.52 Å². The molecule has 0 aliphatic carbocycles. The number of amides is 1. The minimum Gasteiger partial charge on any atom is -0.342 e. The molecule has 0 bridgehead atoms. The lowest BCUT2D eigenvalue weighted by Gasteiger charge is -2.15. The molecule has 116 valence electrons. The van der Waals surface area contributed by atoms with E-state index in [2.05, 4.69) is 22.3 Å². The zero-order chi connectivity index (χ0) is 15.4. The number of likely N-dealkylation sites (tertiary alicyclic amines) is 1. The van der Waals surface area contributed by atoms with Gasteiger partial charge in [0.05, 0.1) is 5.92 Å². The molecular formula is C17H21N3O2. The number of rotatable bonds is 6. The summed E-state index contributed by atoms with van der Waals surface area (Å²) in [5.41, 5.74) is 1.31. The first kappa shape index (κ1) is 14.8. The minimum absolute atomic E-state index is 0.0528. The highest BCUT2D eigenvalue weighted by atomic mass is 16.5. The van der Waals surface area contributed by atoms with Crippen molar-refractivity contribution in [3.63, 3.8) is 0 Å². The van der Waals surface area contributed by atoms with Crippen LogP contribution in [-0.2, 0) is 17.6 Å². The van der Waals surface area contributed by atoms with Gasteiger partial charge in [0, 0.05) is 25.9 Å². The molecule has 1 aromatic carbocycles. The molecule has 0 saturated carbocycles. The van der Waals surface area contributed by atoms with Crippen LogP contribution in [0.3, 0.4) is 0 Å². The molecule has 1 aliphatic heterocycles. The Morgan fingerprint density at radius 1 is 1.32 bits per heavy atom. The van der Waals surface area contributed by atoms with Gasteiger partial charge in [-0.25, -0.2) is 0 Å². The molecule has 1 aromatic heterocycles. The highest BCUT2D eigenvalue weighted by Gasteiger charge is 2.33. The fraction of sp³-hybridized carbons (Fsp3) is 0.471. The summed E-state index contributed by atoms with van der Waals surface area (Å²) >= 11 is 0. The monoisotopic (exact) mass is 299 g/mol. The number of aromatic nitrogens is 2. The van der Waals surface area contributed by atoms with Crippen molar-refractivity contribution in [1.29, 1.82) is 0 Å².